The summed E-state index contributed by atoms with van der Waals surface area (Å²) >= 11 is 4.02. The summed E-state index contributed by atoms with van der Waals surface area (Å²) in [6, 6.07) is -0.713. The van der Waals surface area contributed by atoms with Crippen LogP contribution in [0.25, 0.3) is 0 Å². The van der Waals surface area contributed by atoms with E-state index in [0.717, 1.165) is 17.4 Å². The second-order valence-electron chi connectivity index (χ2n) is 8.85. The molecule has 9 heteroatoms. The highest BCUT2D eigenvalue weighted by molar-refractivity contribution is 8.03. The molecule has 4 unspecified atom stereocenters. The molecular weight excluding hydrogens is 489 g/mol. The number of hydrogen-bond donors (Lipinski definition) is 1. The number of hydrogen-bond acceptors (Lipinski definition) is 7. The van der Waals surface area contributed by atoms with E-state index in [0.29, 0.717) is 11.7 Å². The lowest BCUT2D eigenvalue weighted by Gasteiger charge is -2.35. The number of nitrogens with one attached hydrogen (secondary N) is 1. The van der Waals surface area contributed by atoms with Crippen LogP contribution in [0.3, 0.4) is 0 Å². The third kappa shape index (κ3) is 14.0. The van der Waals surface area contributed by atoms with Crippen molar-refractivity contribution >= 4 is 61.8 Å². The van der Waals surface area contributed by atoms with E-state index >= 15 is 0 Å². The molecule has 0 saturated heterocycles. The Hall–Kier alpha value is -0.720. The van der Waals surface area contributed by atoms with Gasteiger partial charge in [-0.2, -0.15) is 23.5 Å². The fourth-order valence-electron chi connectivity index (χ4n) is 3.51. The Morgan fingerprint density at radius 1 is 0.912 bits per heavy atom. The average molecular weight is 534 g/mol. The van der Waals surface area contributed by atoms with Crippen molar-refractivity contribution < 1.29 is 25.3 Å². The van der Waals surface area contributed by atoms with Crippen LogP contribution in [-0.4, -0.2) is 63.2 Å². The first-order chi connectivity index (χ1) is 16.6. The Balaban J connectivity index is 2.38. The van der Waals surface area contributed by atoms with Gasteiger partial charge in [0.1, 0.15) is 17.3 Å². The number of carbonyl (C=O) groups excluding carboxylic acids is 5. The van der Waals surface area contributed by atoms with Crippen LogP contribution in [0.1, 0.15) is 92.3 Å². The van der Waals surface area contributed by atoms with Crippen molar-refractivity contribution in [2.45, 2.75) is 107 Å². The van der Waals surface area contributed by atoms with Gasteiger partial charge in [0.15, 0.2) is 5.78 Å². The predicted octanol–water partition coefficient (Wildman–Crippen LogP) is 4.56. The van der Waals surface area contributed by atoms with Crippen LogP contribution in [-0.2, 0) is 24.0 Å². The topological polar surface area (TPSA) is 97.4 Å². The molecule has 1 amide bonds. The third-order valence-corrected chi connectivity index (χ3v) is 9.43. The van der Waals surface area contributed by atoms with Gasteiger partial charge in [-0.3, -0.25) is 19.2 Å². The van der Waals surface area contributed by atoms with Crippen molar-refractivity contribution in [3.8, 4) is 0 Å². The Bertz CT molecular complexity index is 722. The second kappa shape index (κ2) is 18.5. The largest absolute Gasteiger partial charge is 0.346 e. The Morgan fingerprint density at radius 2 is 1.50 bits per heavy atom. The summed E-state index contributed by atoms with van der Waals surface area (Å²) in [4.78, 5) is 60.0. The molecule has 0 spiro atoms. The number of unbranched alkanes of at least 4 members (excludes halogenated alkanes) is 1. The minimum atomic E-state index is -0.933. The lowest BCUT2D eigenvalue weighted by atomic mass is 9.99. The zero-order valence-electron chi connectivity index (χ0n) is 21.6. The molecule has 0 radical (unpaired) electrons. The first kappa shape index (κ1) is 29.5. The molecular formula is C25H42NO5PS2. The molecule has 194 valence electrons. The molecule has 1 rings (SSSR count). The average Bonchev–Trinajstić information content (AvgIpc) is 2.80. The second-order valence-corrected chi connectivity index (χ2v) is 11.9. The molecule has 0 aromatic heterocycles. The quantitative estimate of drug-likeness (QED) is 0.171. The number of amides is 1. The van der Waals surface area contributed by atoms with Gasteiger partial charge in [-0.05, 0) is 50.5 Å². The SMILES string of the molecule is [3H]C(P)C(=O)CCC(=O)CCC(=O)N[C@H](CCC(C)=O)C(=O)CCCSC1CCC1SCCCC. The standard InChI is InChI=1S/C25H42NO5PS2/c1-3-4-15-33-23-12-13-24(23)34-16-5-6-22(30)21(11-7-18(2)27)26-25(31)14-10-19(28)8-9-20(29)17-32/h21,23-24H,3-17,32H2,1-2H3,(H,26,31)/t21-,23?,24?/m1/s1/i17T/t17?,21-,23?,24?. The van der Waals surface area contributed by atoms with Crippen molar-refractivity contribution in [1.82, 2.24) is 5.32 Å². The van der Waals surface area contributed by atoms with Crippen LogP contribution < -0.4 is 5.32 Å². The lowest BCUT2D eigenvalue weighted by molar-refractivity contribution is -0.129. The fourth-order valence-corrected chi connectivity index (χ4v) is 6.82. The highest BCUT2D eigenvalue weighted by atomic mass is 32.2. The molecule has 0 heterocycles. The van der Waals surface area contributed by atoms with E-state index in [2.05, 4.69) is 33.2 Å². The first-order valence-corrected chi connectivity index (χ1v) is 15.2. The summed E-state index contributed by atoms with van der Waals surface area (Å²) in [5.41, 5.74) is 0. The number of Topliss-reactive ketones (excluding diaryl/α,β-unsaturated/α-hetero) is 4. The molecule has 5 atom stereocenters. The normalized spacial score (nSPS) is 19.4. The maximum absolute atomic E-state index is 12.8. The van der Waals surface area contributed by atoms with Gasteiger partial charge >= 0.3 is 0 Å². The van der Waals surface area contributed by atoms with Gasteiger partial charge in [0, 0.05) is 56.5 Å². The molecule has 34 heavy (non-hydrogen) atoms. The molecule has 1 aliphatic rings. The molecule has 0 aromatic rings. The number of rotatable bonds is 21. The van der Waals surface area contributed by atoms with E-state index in [1.165, 1.54) is 38.4 Å². The zero-order valence-corrected chi connectivity index (χ0v) is 23.4. The van der Waals surface area contributed by atoms with E-state index in [4.69, 9.17) is 1.37 Å². The van der Waals surface area contributed by atoms with Gasteiger partial charge in [-0.25, -0.2) is 0 Å². The molecule has 0 bridgehead atoms. The third-order valence-electron chi connectivity index (χ3n) is 5.86. The molecule has 1 aliphatic carbocycles. The predicted molar refractivity (Wildman–Crippen MR) is 146 cm³/mol. The highest BCUT2D eigenvalue weighted by Crippen LogP contribution is 2.40. The van der Waals surface area contributed by atoms with E-state index in [-0.39, 0.29) is 61.7 Å². The summed E-state index contributed by atoms with van der Waals surface area (Å²) < 4.78 is 7.30. The van der Waals surface area contributed by atoms with Crippen molar-refractivity contribution in [1.29, 1.82) is 0 Å². The van der Waals surface area contributed by atoms with Gasteiger partial charge in [0.05, 0.1) is 6.04 Å². The minimum absolute atomic E-state index is 0.00507. The number of ketones is 4. The Kier molecular flexibility index (Phi) is 16.1. The summed E-state index contributed by atoms with van der Waals surface area (Å²) in [6.07, 6.45) is 5.62. The zero-order chi connectivity index (χ0) is 26.2. The summed E-state index contributed by atoms with van der Waals surface area (Å²) in [7, 11) is 2.08. The first-order valence-electron chi connectivity index (χ1n) is 13.0. The maximum Gasteiger partial charge on any atom is 0.221 e. The Labute approximate surface area is 217 Å². The maximum atomic E-state index is 12.8. The fraction of sp³-hybridized carbons (Fsp3) is 0.800. The number of thioether (sulfide) groups is 2. The molecule has 0 aliphatic heterocycles. The number of carbonyl (C=O) groups is 5. The highest BCUT2D eigenvalue weighted by Gasteiger charge is 2.31. The van der Waals surface area contributed by atoms with Gasteiger partial charge in [-0.1, -0.05) is 13.3 Å². The van der Waals surface area contributed by atoms with Gasteiger partial charge in [0.25, 0.3) is 0 Å². The molecule has 6 nitrogen and oxygen atoms in total. The molecule has 0 aromatic carbocycles. The van der Waals surface area contributed by atoms with Crippen molar-refractivity contribution in [2.75, 3.05) is 17.6 Å². The van der Waals surface area contributed by atoms with Crippen LogP contribution in [0.2, 0.25) is 0 Å². The monoisotopic (exact) mass is 533 g/mol. The molecule has 1 fully saturated rings. The van der Waals surface area contributed by atoms with Gasteiger partial charge in [0.2, 0.25) is 5.91 Å². The smallest absolute Gasteiger partial charge is 0.221 e. The van der Waals surface area contributed by atoms with E-state index < -0.39 is 18.1 Å². The van der Waals surface area contributed by atoms with E-state index in [1.807, 2.05) is 11.8 Å². The molecule has 1 N–H and O–H groups in total. The summed E-state index contributed by atoms with van der Waals surface area (Å²) in [6.45, 7) is 3.67. The van der Waals surface area contributed by atoms with E-state index in [9.17, 15) is 24.0 Å². The summed E-state index contributed by atoms with van der Waals surface area (Å²) in [5, 5.41) is 4.13. The van der Waals surface area contributed by atoms with Crippen LogP contribution >= 0.6 is 32.8 Å². The van der Waals surface area contributed by atoms with Gasteiger partial charge < -0.3 is 10.1 Å². The van der Waals surface area contributed by atoms with Gasteiger partial charge in [-0.15, -0.1) is 9.24 Å². The lowest BCUT2D eigenvalue weighted by Crippen LogP contribution is -2.41. The Morgan fingerprint density at radius 3 is 2.06 bits per heavy atom. The van der Waals surface area contributed by atoms with Crippen molar-refractivity contribution in [3.63, 3.8) is 0 Å². The van der Waals surface area contributed by atoms with Crippen LogP contribution in [0.5, 0.6) is 0 Å². The van der Waals surface area contributed by atoms with Crippen molar-refractivity contribution in [3.05, 3.63) is 0 Å². The van der Waals surface area contributed by atoms with Crippen molar-refractivity contribution in [2.24, 2.45) is 0 Å². The van der Waals surface area contributed by atoms with Crippen LogP contribution in [0.4, 0.5) is 0 Å². The summed E-state index contributed by atoms with van der Waals surface area (Å²) in [5.74, 6) is 1.09. The van der Waals surface area contributed by atoms with E-state index in [1.54, 1.807) is 0 Å². The molecule has 1 saturated carbocycles. The van der Waals surface area contributed by atoms with Crippen LogP contribution in [0.15, 0.2) is 0 Å². The minimum Gasteiger partial charge on any atom is -0.346 e. The van der Waals surface area contributed by atoms with Crippen LogP contribution in [0, 0.1) is 0 Å².